The molecule has 0 bridgehead atoms. The number of aliphatic hydroxyl groups excluding tert-OH is 2. The Morgan fingerprint density at radius 3 is 1.08 bits per heavy atom. The zero-order chi connectivity index (χ0) is 47.9. The van der Waals surface area contributed by atoms with Gasteiger partial charge in [0.05, 0.1) is 25.4 Å². The predicted octanol–water partition coefficient (Wildman–Crippen LogP) is 18.5. The number of carbonyl (C=O) groups excluding carboxylic acids is 2. The monoisotopic (exact) mass is 932 g/mol. The maximum Gasteiger partial charge on any atom is 0.305 e. The van der Waals surface area contributed by atoms with Crippen molar-refractivity contribution in [1.82, 2.24) is 5.32 Å². The van der Waals surface area contributed by atoms with Crippen molar-refractivity contribution in [3.05, 3.63) is 12.2 Å². The summed E-state index contributed by atoms with van der Waals surface area (Å²) in [7, 11) is 0. The van der Waals surface area contributed by atoms with E-state index in [0.717, 1.165) is 44.9 Å². The molecule has 0 spiro atoms. The normalized spacial score (nSPS) is 12.6. The zero-order valence-electron chi connectivity index (χ0n) is 44.7. The van der Waals surface area contributed by atoms with E-state index in [1.54, 1.807) is 0 Å². The molecule has 0 fully saturated rings. The van der Waals surface area contributed by atoms with Crippen LogP contribution < -0.4 is 5.32 Å². The molecule has 0 heterocycles. The van der Waals surface area contributed by atoms with E-state index in [9.17, 15) is 19.8 Å². The average Bonchev–Trinajstić information content (AvgIpc) is 3.32. The number of ether oxygens (including phenoxy) is 1. The first-order valence-electron chi connectivity index (χ1n) is 29.9. The number of nitrogens with one attached hydrogen (secondary N) is 1. The third kappa shape index (κ3) is 52.0. The molecule has 0 aromatic carbocycles. The summed E-state index contributed by atoms with van der Waals surface area (Å²) in [6, 6.07) is -0.544. The van der Waals surface area contributed by atoms with Gasteiger partial charge in [-0.1, -0.05) is 283 Å². The Bertz CT molecular complexity index is 986. The fourth-order valence-corrected chi connectivity index (χ4v) is 9.46. The van der Waals surface area contributed by atoms with E-state index in [2.05, 4.69) is 31.3 Å². The largest absolute Gasteiger partial charge is 0.466 e. The van der Waals surface area contributed by atoms with Crippen LogP contribution in [0.2, 0.25) is 0 Å². The molecular formula is C60H117NO5. The van der Waals surface area contributed by atoms with E-state index in [4.69, 9.17) is 4.74 Å². The van der Waals surface area contributed by atoms with Crippen molar-refractivity contribution >= 4 is 11.9 Å². The van der Waals surface area contributed by atoms with Gasteiger partial charge in [0.1, 0.15) is 0 Å². The third-order valence-corrected chi connectivity index (χ3v) is 14.1. The lowest BCUT2D eigenvalue weighted by molar-refractivity contribution is -0.143. The predicted molar refractivity (Wildman–Crippen MR) is 287 cm³/mol. The van der Waals surface area contributed by atoms with Gasteiger partial charge in [0.25, 0.3) is 0 Å². The van der Waals surface area contributed by atoms with Crippen molar-refractivity contribution in [2.24, 2.45) is 0 Å². The standard InChI is InChI=1S/C60H117NO5/c1-3-5-7-9-11-13-15-17-19-26-30-34-38-42-46-50-54-60(65)66-55-51-47-43-39-35-31-27-23-21-20-22-25-29-33-37-41-45-49-53-59(64)61-57(56-62)58(63)52-48-44-40-36-32-28-24-18-16-14-12-10-8-6-4-2/h19,26,57-58,62-63H,3-18,20-25,27-56H2,1-2H3,(H,61,64)/b26-19-. The SMILES string of the molecule is CCCCCCCCC/C=C\CCCCCCCC(=O)OCCCCCCCCCCCCCCCCCCCCC(=O)NC(CO)C(O)CCCCCCCCCCCCCCCCC. The van der Waals surface area contributed by atoms with E-state index in [-0.39, 0.29) is 18.5 Å². The third-order valence-electron chi connectivity index (χ3n) is 14.1. The number of aliphatic hydroxyl groups is 2. The molecule has 6 nitrogen and oxygen atoms in total. The van der Waals surface area contributed by atoms with Crippen molar-refractivity contribution in [3.8, 4) is 0 Å². The summed E-state index contributed by atoms with van der Waals surface area (Å²) in [5.74, 6) is -0.0362. The van der Waals surface area contributed by atoms with Crippen LogP contribution in [0.1, 0.15) is 335 Å². The molecule has 0 radical (unpaired) electrons. The molecule has 0 aromatic heterocycles. The Balaban J connectivity index is 3.39. The molecule has 66 heavy (non-hydrogen) atoms. The summed E-state index contributed by atoms with van der Waals surface area (Å²) in [4.78, 5) is 24.5. The van der Waals surface area contributed by atoms with Crippen molar-refractivity contribution in [2.45, 2.75) is 347 Å². The van der Waals surface area contributed by atoms with Crippen molar-refractivity contribution < 1.29 is 24.5 Å². The van der Waals surface area contributed by atoms with E-state index >= 15 is 0 Å². The summed E-state index contributed by atoms with van der Waals surface area (Å²) < 4.78 is 5.48. The number of carbonyl (C=O) groups is 2. The summed E-state index contributed by atoms with van der Waals surface area (Å²) in [6.45, 7) is 4.96. The van der Waals surface area contributed by atoms with Gasteiger partial charge in [0.15, 0.2) is 0 Å². The quantitative estimate of drug-likeness (QED) is 0.0321. The number of rotatable bonds is 56. The van der Waals surface area contributed by atoms with Crippen LogP contribution in [0, 0.1) is 0 Å². The second-order valence-corrected chi connectivity index (χ2v) is 20.7. The molecule has 6 heteroatoms. The van der Waals surface area contributed by atoms with Gasteiger partial charge >= 0.3 is 5.97 Å². The second kappa shape index (κ2) is 56.2. The van der Waals surface area contributed by atoms with Gasteiger partial charge < -0.3 is 20.3 Å². The molecule has 0 aliphatic rings. The maximum absolute atomic E-state index is 12.5. The highest BCUT2D eigenvalue weighted by atomic mass is 16.5. The Hall–Kier alpha value is -1.40. The lowest BCUT2D eigenvalue weighted by atomic mass is 10.0. The summed E-state index contributed by atoms with van der Waals surface area (Å²) >= 11 is 0. The minimum Gasteiger partial charge on any atom is -0.466 e. The number of esters is 1. The fourth-order valence-electron chi connectivity index (χ4n) is 9.46. The number of hydrogen-bond acceptors (Lipinski definition) is 5. The van der Waals surface area contributed by atoms with E-state index in [1.807, 2.05) is 0 Å². The molecular weight excluding hydrogens is 815 g/mol. The lowest BCUT2D eigenvalue weighted by Gasteiger charge is -2.22. The number of allylic oxidation sites excluding steroid dienone is 2. The van der Waals surface area contributed by atoms with E-state index < -0.39 is 12.1 Å². The summed E-state index contributed by atoms with van der Waals surface area (Å²) in [5.41, 5.74) is 0. The lowest BCUT2D eigenvalue weighted by Crippen LogP contribution is -2.45. The van der Waals surface area contributed by atoms with E-state index in [0.29, 0.717) is 25.9 Å². The van der Waals surface area contributed by atoms with Crippen LogP contribution in [0.25, 0.3) is 0 Å². The minimum absolute atomic E-state index is 0.000668. The minimum atomic E-state index is -0.666. The van der Waals surface area contributed by atoms with Gasteiger partial charge in [-0.25, -0.2) is 0 Å². The highest BCUT2D eigenvalue weighted by Crippen LogP contribution is 2.18. The highest BCUT2D eigenvalue weighted by molar-refractivity contribution is 5.76. The molecule has 3 N–H and O–H groups in total. The van der Waals surface area contributed by atoms with Crippen LogP contribution in [0.3, 0.4) is 0 Å². The maximum atomic E-state index is 12.5. The van der Waals surface area contributed by atoms with Crippen LogP contribution >= 0.6 is 0 Å². The number of amides is 1. The Kier molecular flexibility index (Phi) is 55.0. The van der Waals surface area contributed by atoms with Gasteiger partial charge in [0.2, 0.25) is 5.91 Å². The summed E-state index contributed by atoms with van der Waals surface area (Å²) in [5, 5.41) is 23.3. The van der Waals surface area contributed by atoms with Gasteiger partial charge in [-0.05, 0) is 51.4 Å². The molecule has 0 aromatic rings. The van der Waals surface area contributed by atoms with Crippen LogP contribution in [-0.2, 0) is 14.3 Å². The molecule has 0 saturated heterocycles. The molecule has 2 unspecified atom stereocenters. The van der Waals surface area contributed by atoms with Crippen molar-refractivity contribution in [2.75, 3.05) is 13.2 Å². The second-order valence-electron chi connectivity index (χ2n) is 20.7. The Morgan fingerprint density at radius 1 is 0.409 bits per heavy atom. The topological polar surface area (TPSA) is 95.9 Å². The van der Waals surface area contributed by atoms with Gasteiger partial charge in [0, 0.05) is 12.8 Å². The van der Waals surface area contributed by atoms with Crippen LogP contribution in [0.5, 0.6) is 0 Å². The van der Waals surface area contributed by atoms with Crippen LogP contribution in [0.15, 0.2) is 12.2 Å². The average molecular weight is 933 g/mol. The smallest absolute Gasteiger partial charge is 0.305 e. The van der Waals surface area contributed by atoms with Crippen LogP contribution in [0.4, 0.5) is 0 Å². The first kappa shape index (κ1) is 64.6. The summed E-state index contributed by atoms with van der Waals surface area (Å²) in [6.07, 6.45) is 66.3. The molecule has 0 aliphatic heterocycles. The zero-order valence-corrected chi connectivity index (χ0v) is 44.7. The molecule has 0 saturated carbocycles. The van der Waals surface area contributed by atoms with Gasteiger partial charge in [-0.3, -0.25) is 9.59 Å². The molecule has 0 rings (SSSR count). The van der Waals surface area contributed by atoms with Crippen molar-refractivity contribution in [3.63, 3.8) is 0 Å². The van der Waals surface area contributed by atoms with Gasteiger partial charge in [-0.2, -0.15) is 0 Å². The van der Waals surface area contributed by atoms with Crippen LogP contribution in [-0.4, -0.2) is 47.4 Å². The first-order valence-corrected chi connectivity index (χ1v) is 29.9. The van der Waals surface area contributed by atoms with E-state index in [1.165, 1.54) is 257 Å². The Morgan fingerprint density at radius 2 is 0.712 bits per heavy atom. The molecule has 392 valence electrons. The first-order chi connectivity index (χ1) is 32.5. The highest BCUT2D eigenvalue weighted by Gasteiger charge is 2.20. The molecule has 0 aliphatic carbocycles. The fraction of sp³-hybridized carbons (Fsp3) is 0.933. The number of hydrogen-bond donors (Lipinski definition) is 3. The number of unbranched alkanes of at least 4 members (excludes halogenated alkanes) is 43. The van der Waals surface area contributed by atoms with Gasteiger partial charge in [-0.15, -0.1) is 0 Å². The van der Waals surface area contributed by atoms with Crippen molar-refractivity contribution in [1.29, 1.82) is 0 Å². The Labute approximate surface area is 412 Å². The molecule has 2 atom stereocenters. The molecule has 1 amide bonds.